The molecule has 0 aliphatic carbocycles. The van der Waals surface area contributed by atoms with Crippen molar-refractivity contribution in [3.63, 3.8) is 0 Å². The van der Waals surface area contributed by atoms with Crippen molar-refractivity contribution < 1.29 is 4.39 Å². The van der Waals surface area contributed by atoms with Crippen LogP contribution < -0.4 is 5.73 Å². The Hall–Kier alpha value is -0.930. The predicted molar refractivity (Wildman–Crippen MR) is 84.2 cm³/mol. The summed E-state index contributed by atoms with van der Waals surface area (Å²) in [6.45, 7) is 9.48. The zero-order chi connectivity index (χ0) is 15.1. The highest BCUT2D eigenvalue weighted by Gasteiger charge is 2.28. The summed E-state index contributed by atoms with van der Waals surface area (Å²) >= 11 is 0. The molecule has 3 heteroatoms. The van der Waals surface area contributed by atoms with Crippen molar-refractivity contribution >= 4 is 0 Å². The molecule has 1 rings (SSSR count). The lowest BCUT2D eigenvalue weighted by atomic mass is 9.96. The Morgan fingerprint density at radius 3 is 2.35 bits per heavy atom. The van der Waals surface area contributed by atoms with Gasteiger partial charge in [0.05, 0.1) is 6.04 Å². The Bertz CT molecular complexity index is 392. The van der Waals surface area contributed by atoms with Crippen molar-refractivity contribution in [2.75, 3.05) is 6.54 Å². The number of halogens is 1. The summed E-state index contributed by atoms with van der Waals surface area (Å²) in [5.74, 6) is -0.153. The first kappa shape index (κ1) is 17.1. The van der Waals surface area contributed by atoms with Gasteiger partial charge in [0.25, 0.3) is 0 Å². The highest BCUT2D eigenvalue weighted by Crippen LogP contribution is 2.29. The van der Waals surface area contributed by atoms with Crippen LogP contribution in [-0.4, -0.2) is 23.5 Å². The van der Waals surface area contributed by atoms with E-state index in [1.807, 2.05) is 19.1 Å². The van der Waals surface area contributed by atoms with Gasteiger partial charge in [0.15, 0.2) is 0 Å². The number of nitrogens with zero attached hydrogens (tertiary/aromatic N) is 1. The van der Waals surface area contributed by atoms with E-state index in [4.69, 9.17) is 5.73 Å². The quantitative estimate of drug-likeness (QED) is 0.776. The zero-order valence-electron chi connectivity index (χ0n) is 13.3. The molecule has 0 aliphatic heterocycles. The Balaban J connectivity index is 3.10. The lowest BCUT2D eigenvalue weighted by molar-refractivity contribution is 0.119. The van der Waals surface area contributed by atoms with Crippen LogP contribution in [-0.2, 0) is 0 Å². The van der Waals surface area contributed by atoms with E-state index in [1.54, 1.807) is 6.07 Å². The lowest BCUT2D eigenvalue weighted by Gasteiger charge is -2.39. The summed E-state index contributed by atoms with van der Waals surface area (Å²) < 4.78 is 14.2. The molecule has 1 aromatic carbocycles. The predicted octanol–water partition coefficient (Wildman–Crippen LogP) is 4.11. The van der Waals surface area contributed by atoms with Crippen LogP contribution in [0.2, 0.25) is 0 Å². The summed E-state index contributed by atoms with van der Waals surface area (Å²) in [6.07, 6.45) is 3.29. The van der Waals surface area contributed by atoms with Gasteiger partial charge in [0.2, 0.25) is 0 Å². The van der Waals surface area contributed by atoms with Crippen molar-refractivity contribution in [1.29, 1.82) is 0 Å². The SMILES string of the molecule is CCCCN(C(C)CC)C(c1ccccc1F)C(C)N. The molecule has 2 nitrogen and oxygen atoms in total. The normalized spacial score (nSPS) is 16.1. The number of benzene rings is 1. The van der Waals surface area contributed by atoms with Gasteiger partial charge in [-0.15, -0.1) is 0 Å². The molecule has 0 fully saturated rings. The van der Waals surface area contributed by atoms with Crippen LogP contribution in [0.3, 0.4) is 0 Å². The highest BCUT2D eigenvalue weighted by atomic mass is 19.1. The van der Waals surface area contributed by atoms with Crippen LogP contribution in [0.5, 0.6) is 0 Å². The van der Waals surface area contributed by atoms with E-state index in [9.17, 15) is 4.39 Å². The average Bonchev–Trinajstić information content (AvgIpc) is 2.43. The summed E-state index contributed by atoms with van der Waals surface area (Å²) in [7, 11) is 0. The molecule has 0 saturated heterocycles. The Morgan fingerprint density at radius 1 is 1.20 bits per heavy atom. The van der Waals surface area contributed by atoms with Crippen LogP contribution in [0.4, 0.5) is 4.39 Å². The first-order valence-electron chi connectivity index (χ1n) is 7.78. The third kappa shape index (κ3) is 4.29. The number of rotatable bonds is 8. The third-order valence-electron chi connectivity index (χ3n) is 4.01. The molecule has 0 aliphatic rings. The molecule has 0 saturated carbocycles. The summed E-state index contributed by atoms with van der Waals surface area (Å²) in [6, 6.07) is 7.26. The largest absolute Gasteiger partial charge is 0.326 e. The molecule has 0 heterocycles. The molecule has 0 amide bonds. The Kier molecular flexibility index (Phi) is 7.17. The second kappa shape index (κ2) is 8.38. The summed E-state index contributed by atoms with van der Waals surface area (Å²) in [4.78, 5) is 2.37. The smallest absolute Gasteiger partial charge is 0.128 e. The highest BCUT2D eigenvalue weighted by molar-refractivity contribution is 5.23. The second-order valence-electron chi connectivity index (χ2n) is 5.67. The fraction of sp³-hybridized carbons (Fsp3) is 0.647. The standard InChI is InChI=1S/C17H29FN2/c1-5-7-12-20(13(3)6-2)17(14(4)19)15-10-8-9-11-16(15)18/h8-11,13-14,17H,5-7,12,19H2,1-4H3. The summed E-state index contributed by atoms with van der Waals surface area (Å²) in [5, 5.41) is 0. The fourth-order valence-corrected chi connectivity index (χ4v) is 2.69. The maximum Gasteiger partial charge on any atom is 0.128 e. The molecule has 0 spiro atoms. The third-order valence-corrected chi connectivity index (χ3v) is 4.01. The molecular weight excluding hydrogens is 251 g/mol. The lowest BCUT2D eigenvalue weighted by Crippen LogP contribution is -2.44. The maximum atomic E-state index is 14.2. The van der Waals surface area contributed by atoms with E-state index in [-0.39, 0.29) is 17.9 Å². The first-order valence-corrected chi connectivity index (χ1v) is 7.78. The minimum Gasteiger partial charge on any atom is -0.326 e. The van der Waals surface area contributed by atoms with Crippen molar-refractivity contribution in [3.8, 4) is 0 Å². The Morgan fingerprint density at radius 2 is 1.85 bits per heavy atom. The van der Waals surface area contributed by atoms with Gasteiger partial charge in [-0.3, -0.25) is 4.90 Å². The first-order chi connectivity index (χ1) is 9.52. The van der Waals surface area contributed by atoms with Crippen molar-refractivity contribution in [1.82, 2.24) is 4.90 Å². The molecule has 114 valence electrons. The van der Waals surface area contributed by atoms with Gasteiger partial charge in [0, 0.05) is 17.6 Å². The zero-order valence-corrected chi connectivity index (χ0v) is 13.3. The Labute approximate surface area is 123 Å². The van der Waals surface area contributed by atoms with Gasteiger partial charge in [0.1, 0.15) is 5.82 Å². The molecule has 2 N–H and O–H groups in total. The topological polar surface area (TPSA) is 29.3 Å². The van der Waals surface area contributed by atoms with Gasteiger partial charge in [-0.2, -0.15) is 0 Å². The monoisotopic (exact) mass is 280 g/mol. The van der Waals surface area contributed by atoms with Crippen molar-refractivity contribution in [2.45, 2.75) is 65.1 Å². The van der Waals surface area contributed by atoms with E-state index in [2.05, 4.69) is 25.7 Å². The van der Waals surface area contributed by atoms with E-state index < -0.39 is 0 Å². The van der Waals surface area contributed by atoms with Crippen LogP contribution in [0.25, 0.3) is 0 Å². The number of nitrogens with two attached hydrogens (primary N) is 1. The second-order valence-corrected chi connectivity index (χ2v) is 5.67. The van der Waals surface area contributed by atoms with Gasteiger partial charge < -0.3 is 5.73 Å². The van der Waals surface area contributed by atoms with E-state index in [1.165, 1.54) is 6.07 Å². The molecule has 0 radical (unpaired) electrons. The van der Waals surface area contributed by atoms with Gasteiger partial charge in [-0.25, -0.2) is 4.39 Å². The maximum absolute atomic E-state index is 14.2. The number of unbranched alkanes of at least 4 members (excludes halogenated alkanes) is 1. The minimum absolute atomic E-state index is 0.0577. The number of hydrogen-bond donors (Lipinski definition) is 1. The molecule has 0 bridgehead atoms. The van der Waals surface area contributed by atoms with Crippen LogP contribution in [0.15, 0.2) is 24.3 Å². The molecular formula is C17H29FN2. The molecule has 20 heavy (non-hydrogen) atoms. The van der Waals surface area contributed by atoms with Gasteiger partial charge in [-0.05, 0) is 39.3 Å². The van der Waals surface area contributed by atoms with E-state index in [0.717, 1.165) is 31.4 Å². The van der Waals surface area contributed by atoms with Crippen LogP contribution >= 0.6 is 0 Å². The van der Waals surface area contributed by atoms with Crippen molar-refractivity contribution in [3.05, 3.63) is 35.6 Å². The molecule has 1 aromatic rings. The molecule has 0 aromatic heterocycles. The van der Waals surface area contributed by atoms with Crippen LogP contribution in [0, 0.1) is 5.82 Å². The molecule has 3 unspecified atom stereocenters. The number of hydrogen-bond acceptors (Lipinski definition) is 2. The van der Waals surface area contributed by atoms with Gasteiger partial charge in [-0.1, -0.05) is 38.5 Å². The fourth-order valence-electron chi connectivity index (χ4n) is 2.69. The van der Waals surface area contributed by atoms with Crippen LogP contribution in [0.1, 0.15) is 58.6 Å². The minimum atomic E-state index is -0.153. The van der Waals surface area contributed by atoms with Gasteiger partial charge >= 0.3 is 0 Å². The van der Waals surface area contributed by atoms with E-state index >= 15 is 0 Å². The average molecular weight is 280 g/mol. The summed E-state index contributed by atoms with van der Waals surface area (Å²) in [5.41, 5.74) is 6.92. The van der Waals surface area contributed by atoms with E-state index in [0.29, 0.717) is 6.04 Å². The van der Waals surface area contributed by atoms with Crippen molar-refractivity contribution in [2.24, 2.45) is 5.73 Å². The molecule has 3 atom stereocenters.